The Bertz CT molecular complexity index is 3010. The average Bonchev–Trinajstić information content (AvgIpc) is 3.65. The number of rotatable bonds is 5. The van der Waals surface area contributed by atoms with Crippen molar-refractivity contribution >= 4 is 61.9 Å². The predicted octanol–water partition coefficient (Wildman–Crippen LogP) is 11.7. The van der Waals surface area contributed by atoms with E-state index in [1.54, 1.807) is 0 Å². The second kappa shape index (κ2) is 13.1. The largest absolute Gasteiger partial charge is 0.208 e. The van der Waals surface area contributed by atoms with Crippen LogP contribution in [0.5, 0.6) is 0 Å². The summed E-state index contributed by atoms with van der Waals surface area (Å²) in [5, 5.41) is 9.33. The average molecular weight is 722 g/mol. The summed E-state index contributed by atoms with van der Waals surface area (Å²) < 4.78 is 1.39. The van der Waals surface area contributed by atoms with Crippen molar-refractivity contribution in [1.29, 1.82) is 0 Å². The lowest BCUT2D eigenvalue weighted by atomic mass is 9.82. The van der Waals surface area contributed by atoms with Crippen molar-refractivity contribution in [2.75, 3.05) is 0 Å². The van der Waals surface area contributed by atoms with Gasteiger partial charge in [0.25, 0.3) is 0 Å². The summed E-state index contributed by atoms with van der Waals surface area (Å²) in [5.41, 5.74) is 7.05. The van der Waals surface area contributed by atoms with Crippen LogP contribution in [0.1, 0.15) is 46.2 Å². The zero-order chi connectivity index (χ0) is 36.3. The summed E-state index contributed by atoms with van der Waals surface area (Å²) in [7, 11) is 0. The first-order valence-electron chi connectivity index (χ1n) is 19.1. The van der Waals surface area contributed by atoms with E-state index >= 15 is 0 Å². The monoisotopic (exact) mass is 721 g/mol. The standard InChI is InChI=1S/C51H35N3S/c1-3-13-32(14-4-1)49-52-50(33-15-5-2-6-16-33)54-51(53-49)37-18-11-17-36(29-37)38-23-12-24-47-48(38)45-31-35(26-28-46(45)55-47)34-25-27-43-41-21-8-7-19-39(41)40-20-9-10-22-42(40)44(43)30-34/h1-22,24-25,27-31,35,38H,23,26H2. The van der Waals surface area contributed by atoms with Gasteiger partial charge in [-0.1, -0.05) is 158 Å². The molecule has 2 aromatic heterocycles. The minimum atomic E-state index is 0.235. The van der Waals surface area contributed by atoms with Crippen LogP contribution in [0.4, 0.5) is 0 Å². The normalized spacial score (nSPS) is 16.1. The van der Waals surface area contributed by atoms with E-state index in [-0.39, 0.29) is 5.92 Å². The third-order valence-corrected chi connectivity index (χ3v) is 12.6. The maximum Gasteiger partial charge on any atom is 0.164 e. The summed E-state index contributed by atoms with van der Waals surface area (Å²) >= 11 is 1.93. The molecule has 3 nitrogen and oxygen atoms in total. The van der Waals surface area contributed by atoms with Crippen molar-refractivity contribution in [3.63, 3.8) is 0 Å². The minimum Gasteiger partial charge on any atom is -0.208 e. The summed E-state index contributed by atoms with van der Waals surface area (Å²) in [6, 6.07) is 54.2. The Morgan fingerprint density at radius 2 is 1.04 bits per heavy atom. The Balaban J connectivity index is 1.01. The third-order valence-electron chi connectivity index (χ3n) is 11.4. The van der Waals surface area contributed by atoms with Gasteiger partial charge < -0.3 is 0 Å². The van der Waals surface area contributed by atoms with E-state index in [1.165, 1.54) is 63.6 Å². The molecule has 0 amide bonds. The van der Waals surface area contributed by atoms with Crippen molar-refractivity contribution in [3.8, 4) is 34.2 Å². The molecule has 11 rings (SSSR count). The van der Waals surface area contributed by atoms with Crippen molar-refractivity contribution in [1.82, 2.24) is 15.0 Å². The van der Waals surface area contributed by atoms with E-state index in [0.717, 1.165) is 29.5 Å². The van der Waals surface area contributed by atoms with Gasteiger partial charge in [-0.3, -0.25) is 0 Å². The molecule has 4 heteroatoms. The van der Waals surface area contributed by atoms with Crippen LogP contribution < -0.4 is 9.75 Å². The number of hydrogen-bond acceptors (Lipinski definition) is 4. The van der Waals surface area contributed by atoms with Crippen LogP contribution in [0.2, 0.25) is 0 Å². The number of fused-ring (bicyclic) bond motifs is 9. The van der Waals surface area contributed by atoms with Crippen LogP contribution in [0.3, 0.4) is 0 Å². The highest BCUT2D eigenvalue weighted by Crippen LogP contribution is 2.40. The SMILES string of the molecule is C1=Cc2sc3c(c2C(c2cccc(-c4nc(-c5ccccc5)nc(-c5ccccc5)n4)c2)C1)=CC(c1ccc2c4ccccc4c4ccccc4c2c1)CC=3. The molecule has 0 saturated heterocycles. The van der Waals surface area contributed by atoms with Crippen molar-refractivity contribution in [2.45, 2.75) is 24.7 Å². The molecule has 9 aromatic rings. The fourth-order valence-corrected chi connectivity index (χ4v) is 9.99. The van der Waals surface area contributed by atoms with Gasteiger partial charge in [0.2, 0.25) is 0 Å². The highest BCUT2D eigenvalue weighted by atomic mass is 32.1. The third kappa shape index (κ3) is 5.52. The Labute approximate surface area is 323 Å². The molecule has 2 unspecified atom stereocenters. The van der Waals surface area contributed by atoms with Gasteiger partial charge in [-0.15, -0.1) is 11.3 Å². The number of thiophene rings is 1. The van der Waals surface area contributed by atoms with Gasteiger partial charge >= 0.3 is 0 Å². The summed E-state index contributed by atoms with van der Waals surface area (Å²) in [4.78, 5) is 16.4. The van der Waals surface area contributed by atoms with Crippen LogP contribution in [-0.4, -0.2) is 15.0 Å². The smallest absolute Gasteiger partial charge is 0.164 e. The Morgan fingerprint density at radius 3 is 1.69 bits per heavy atom. The molecule has 0 fully saturated rings. The summed E-state index contributed by atoms with van der Waals surface area (Å²) in [6.45, 7) is 0. The molecule has 0 spiro atoms. The van der Waals surface area contributed by atoms with Crippen LogP contribution in [0.25, 0.3) is 84.7 Å². The van der Waals surface area contributed by atoms with Crippen LogP contribution >= 0.6 is 11.3 Å². The Kier molecular flexibility index (Phi) is 7.63. The fraction of sp³-hybridized carbons (Fsp3) is 0.0784. The summed E-state index contributed by atoms with van der Waals surface area (Å²) in [5.74, 6) is 2.58. The van der Waals surface area contributed by atoms with Crippen molar-refractivity contribution in [3.05, 3.63) is 189 Å². The van der Waals surface area contributed by atoms with E-state index in [9.17, 15) is 0 Å². The number of aromatic nitrogens is 3. The second-order valence-corrected chi connectivity index (χ2v) is 15.7. The van der Waals surface area contributed by atoms with Gasteiger partial charge in [0.05, 0.1) is 0 Å². The Morgan fingerprint density at radius 1 is 0.473 bits per heavy atom. The van der Waals surface area contributed by atoms with E-state index in [4.69, 9.17) is 15.0 Å². The molecule has 0 bridgehead atoms. The zero-order valence-electron chi connectivity index (χ0n) is 30.1. The fourth-order valence-electron chi connectivity index (χ4n) is 8.76. The number of benzene rings is 7. The van der Waals surface area contributed by atoms with Gasteiger partial charge in [-0.25, -0.2) is 15.0 Å². The van der Waals surface area contributed by atoms with Gasteiger partial charge in [0.1, 0.15) is 0 Å². The lowest BCUT2D eigenvalue weighted by molar-refractivity contribution is 0.814. The topological polar surface area (TPSA) is 38.7 Å². The van der Waals surface area contributed by atoms with Gasteiger partial charge in [0.15, 0.2) is 17.5 Å². The van der Waals surface area contributed by atoms with E-state index < -0.39 is 0 Å². The molecule has 260 valence electrons. The molecule has 0 aliphatic heterocycles. The molecule has 2 heterocycles. The quantitative estimate of drug-likeness (QED) is 0.166. The Hall–Kier alpha value is -6.49. The first-order valence-corrected chi connectivity index (χ1v) is 19.9. The highest BCUT2D eigenvalue weighted by Gasteiger charge is 2.26. The molecule has 0 radical (unpaired) electrons. The van der Waals surface area contributed by atoms with Crippen molar-refractivity contribution in [2.24, 2.45) is 0 Å². The van der Waals surface area contributed by atoms with Gasteiger partial charge in [-0.2, -0.15) is 0 Å². The summed E-state index contributed by atoms with van der Waals surface area (Å²) in [6.07, 6.45) is 11.7. The maximum atomic E-state index is 5.05. The lowest BCUT2D eigenvalue weighted by Crippen LogP contribution is -2.28. The number of nitrogens with zero attached hydrogens (tertiary/aromatic N) is 3. The van der Waals surface area contributed by atoms with E-state index in [0.29, 0.717) is 23.4 Å². The predicted molar refractivity (Wildman–Crippen MR) is 230 cm³/mol. The van der Waals surface area contributed by atoms with Gasteiger partial charge in [0, 0.05) is 37.9 Å². The minimum absolute atomic E-state index is 0.235. The van der Waals surface area contributed by atoms with E-state index in [2.05, 4.69) is 140 Å². The number of allylic oxidation sites excluding steroid dienone is 1. The molecule has 2 aliphatic carbocycles. The second-order valence-electron chi connectivity index (χ2n) is 14.6. The lowest BCUT2D eigenvalue weighted by Gasteiger charge is -2.22. The van der Waals surface area contributed by atoms with Gasteiger partial charge in [-0.05, 0) is 85.3 Å². The molecular formula is C51H35N3S. The van der Waals surface area contributed by atoms with Crippen LogP contribution in [-0.2, 0) is 0 Å². The molecule has 2 atom stereocenters. The molecule has 55 heavy (non-hydrogen) atoms. The zero-order valence-corrected chi connectivity index (χ0v) is 30.9. The highest BCUT2D eigenvalue weighted by molar-refractivity contribution is 7.11. The molecule has 0 saturated carbocycles. The van der Waals surface area contributed by atoms with Crippen LogP contribution in [0, 0.1) is 0 Å². The molecule has 0 N–H and O–H groups in total. The van der Waals surface area contributed by atoms with Crippen molar-refractivity contribution < 1.29 is 0 Å². The van der Waals surface area contributed by atoms with Crippen LogP contribution in [0.15, 0.2) is 158 Å². The molecule has 2 aliphatic rings. The maximum absolute atomic E-state index is 5.05. The van der Waals surface area contributed by atoms with E-state index in [1.807, 2.05) is 47.7 Å². The molecular weight excluding hydrogens is 687 g/mol. The first-order chi connectivity index (χ1) is 27.2. The molecule has 7 aromatic carbocycles. The number of hydrogen-bond donors (Lipinski definition) is 0. The first kappa shape index (κ1) is 32.0.